The molecule has 6 heteroatoms. The maximum atomic E-state index is 13.7. The molecule has 19 heavy (non-hydrogen) atoms. The number of benzene rings is 1. The van der Waals surface area contributed by atoms with Crippen LogP contribution in [-0.2, 0) is 12.6 Å². The van der Waals surface area contributed by atoms with Gasteiger partial charge in [-0.2, -0.15) is 13.2 Å². The molecule has 0 radical (unpaired) electrons. The minimum absolute atomic E-state index is 0.214. The number of carbonyl (C=O) groups excluding carboxylic acids is 1. The fourth-order valence-corrected chi connectivity index (χ4v) is 1.64. The number of hydrogen-bond donors (Lipinski definition) is 0. The van der Waals surface area contributed by atoms with E-state index in [2.05, 4.69) is 0 Å². The van der Waals surface area contributed by atoms with Crippen molar-refractivity contribution in [1.29, 1.82) is 0 Å². The molecular weight excluding hydrogens is 264 g/mol. The summed E-state index contributed by atoms with van der Waals surface area (Å²) in [7, 11) is 0. The van der Waals surface area contributed by atoms with Crippen LogP contribution in [0.25, 0.3) is 0 Å². The molecule has 1 aromatic carbocycles. The lowest BCUT2D eigenvalue weighted by Crippen LogP contribution is -2.13. The van der Waals surface area contributed by atoms with Crippen molar-refractivity contribution in [2.75, 3.05) is 0 Å². The molecule has 0 aliphatic rings. The zero-order valence-electron chi connectivity index (χ0n) is 9.50. The Kier molecular flexibility index (Phi) is 3.42. The van der Waals surface area contributed by atoms with Gasteiger partial charge in [0, 0.05) is 6.42 Å². The van der Waals surface area contributed by atoms with Crippen LogP contribution in [0.5, 0.6) is 0 Å². The van der Waals surface area contributed by atoms with E-state index in [0.29, 0.717) is 11.6 Å². The van der Waals surface area contributed by atoms with Crippen molar-refractivity contribution in [3.63, 3.8) is 0 Å². The molecule has 0 fully saturated rings. The minimum atomic E-state index is -4.82. The van der Waals surface area contributed by atoms with E-state index in [1.54, 1.807) is 0 Å². The third kappa shape index (κ3) is 2.83. The van der Waals surface area contributed by atoms with Gasteiger partial charge >= 0.3 is 6.18 Å². The highest BCUT2D eigenvalue weighted by Gasteiger charge is 2.35. The Morgan fingerprint density at radius 3 is 2.53 bits per heavy atom. The Morgan fingerprint density at radius 2 is 1.95 bits per heavy atom. The summed E-state index contributed by atoms with van der Waals surface area (Å²) in [5.41, 5.74) is -1.54. The lowest BCUT2D eigenvalue weighted by Gasteiger charge is -2.10. The Hall–Kier alpha value is -2.11. The van der Waals surface area contributed by atoms with E-state index in [-0.39, 0.29) is 6.42 Å². The third-order valence-electron chi connectivity index (χ3n) is 2.55. The monoisotopic (exact) mass is 272 g/mol. The maximum absolute atomic E-state index is 13.7. The molecule has 1 aromatic heterocycles. The van der Waals surface area contributed by atoms with Crippen molar-refractivity contribution < 1.29 is 26.8 Å². The second kappa shape index (κ2) is 4.87. The molecule has 2 nitrogen and oxygen atoms in total. The summed E-state index contributed by atoms with van der Waals surface area (Å²) in [4.78, 5) is 11.8. The summed E-state index contributed by atoms with van der Waals surface area (Å²) in [5.74, 6) is -2.27. The highest BCUT2D eigenvalue weighted by atomic mass is 19.4. The van der Waals surface area contributed by atoms with Crippen molar-refractivity contribution in [2.45, 2.75) is 12.6 Å². The Morgan fingerprint density at radius 1 is 1.21 bits per heavy atom. The van der Waals surface area contributed by atoms with Crippen LogP contribution in [0.2, 0.25) is 0 Å². The SMILES string of the molecule is O=C(Cc1ccoc1)c1cccc(C(F)(F)F)c1F. The number of alkyl halides is 3. The van der Waals surface area contributed by atoms with Crippen molar-refractivity contribution in [2.24, 2.45) is 0 Å². The van der Waals surface area contributed by atoms with Gasteiger partial charge in [0.05, 0.1) is 23.7 Å². The first-order valence-corrected chi connectivity index (χ1v) is 5.29. The average molecular weight is 272 g/mol. The lowest BCUT2D eigenvalue weighted by molar-refractivity contribution is -0.140. The highest BCUT2D eigenvalue weighted by molar-refractivity contribution is 5.97. The van der Waals surface area contributed by atoms with Crippen molar-refractivity contribution in [3.05, 3.63) is 59.3 Å². The van der Waals surface area contributed by atoms with Gasteiger partial charge in [-0.3, -0.25) is 4.79 Å². The van der Waals surface area contributed by atoms with Gasteiger partial charge in [-0.1, -0.05) is 6.07 Å². The summed E-state index contributed by atoms with van der Waals surface area (Å²) >= 11 is 0. The average Bonchev–Trinajstić information content (AvgIpc) is 2.80. The zero-order chi connectivity index (χ0) is 14.0. The van der Waals surface area contributed by atoms with E-state index in [4.69, 9.17) is 4.42 Å². The lowest BCUT2D eigenvalue weighted by atomic mass is 10.0. The summed E-state index contributed by atoms with van der Waals surface area (Å²) in [6, 6.07) is 4.13. The van der Waals surface area contributed by atoms with Crippen LogP contribution >= 0.6 is 0 Å². The molecule has 0 aliphatic carbocycles. The van der Waals surface area contributed by atoms with Gasteiger partial charge in [0.1, 0.15) is 5.82 Å². The standard InChI is InChI=1S/C13H8F4O2/c14-12-9(2-1-3-10(12)13(15,16)17)11(18)6-8-4-5-19-7-8/h1-5,7H,6H2. The van der Waals surface area contributed by atoms with Crippen LogP contribution in [0.3, 0.4) is 0 Å². The second-order valence-corrected chi connectivity index (χ2v) is 3.90. The smallest absolute Gasteiger partial charge is 0.419 e. The minimum Gasteiger partial charge on any atom is -0.472 e. The first-order chi connectivity index (χ1) is 8.89. The molecule has 0 bridgehead atoms. The number of Topliss-reactive ketones (excluding diaryl/α,β-unsaturated/α-hetero) is 1. The highest BCUT2D eigenvalue weighted by Crippen LogP contribution is 2.32. The molecule has 2 rings (SSSR count). The molecular formula is C13H8F4O2. The predicted molar refractivity (Wildman–Crippen MR) is 58.1 cm³/mol. The fourth-order valence-electron chi connectivity index (χ4n) is 1.64. The Labute approximate surface area is 105 Å². The van der Waals surface area contributed by atoms with E-state index in [1.807, 2.05) is 0 Å². The van der Waals surface area contributed by atoms with Crippen LogP contribution in [0.15, 0.2) is 41.2 Å². The van der Waals surface area contributed by atoms with Crippen LogP contribution in [0, 0.1) is 5.82 Å². The summed E-state index contributed by atoms with van der Waals surface area (Å²) in [6.45, 7) is 0. The molecule has 0 saturated carbocycles. The first-order valence-electron chi connectivity index (χ1n) is 5.29. The van der Waals surface area contributed by atoms with E-state index < -0.39 is 28.9 Å². The quantitative estimate of drug-likeness (QED) is 0.627. The van der Waals surface area contributed by atoms with Gasteiger partial charge in [-0.05, 0) is 23.8 Å². The summed E-state index contributed by atoms with van der Waals surface area (Å²) in [5, 5.41) is 0. The summed E-state index contributed by atoms with van der Waals surface area (Å²) < 4.78 is 55.9. The molecule has 1 heterocycles. The second-order valence-electron chi connectivity index (χ2n) is 3.90. The summed E-state index contributed by atoms with van der Waals surface area (Å²) in [6.07, 6.45) is -2.43. The first kappa shape index (κ1) is 13.3. The van der Waals surface area contributed by atoms with Gasteiger partial charge in [0.25, 0.3) is 0 Å². The molecule has 0 aliphatic heterocycles. The van der Waals surface area contributed by atoms with Crippen LogP contribution in [0.1, 0.15) is 21.5 Å². The maximum Gasteiger partial charge on any atom is 0.419 e. The zero-order valence-corrected chi connectivity index (χ0v) is 9.50. The molecule has 0 atom stereocenters. The molecule has 0 amide bonds. The predicted octanol–water partition coefficient (Wildman–Crippen LogP) is 3.86. The topological polar surface area (TPSA) is 30.2 Å². The molecule has 0 saturated heterocycles. The fraction of sp³-hybridized carbons (Fsp3) is 0.154. The van der Waals surface area contributed by atoms with Gasteiger partial charge in [0.2, 0.25) is 0 Å². The van der Waals surface area contributed by atoms with E-state index in [1.165, 1.54) is 18.6 Å². The van der Waals surface area contributed by atoms with E-state index >= 15 is 0 Å². The van der Waals surface area contributed by atoms with Gasteiger partial charge < -0.3 is 4.42 Å². The van der Waals surface area contributed by atoms with Gasteiger partial charge in [-0.15, -0.1) is 0 Å². The van der Waals surface area contributed by atoms with Crippen LogP contribution in [-0.4, -0.2) is 5.78 Å². The van der Waals surface area contributed by atoms with E-state index in [0.717, 1.165) is 12.1 Å². The van der Waals surface area contributed by atoms with Crippen molar-refractivity contribution in [1.82, 2.24) is 0 Å². The normalized spacial score (nSPS) is 11.6. The Bertz CT molecular complexity index is 585. The molecule has 0 unspecified atom stereocenters. The number of carbonyl (C=O) groups is 1. The number of halogens is 4. The van der Waals surface area contributed by atoms with Crippen molar-refractivity contribution >= 4 is 5.78 Å². The van der Waals surface area contributed by atoms with Crippen LogP contribution < -0.4 is 0 Å². The number of ketones is 1. The molecule has 2 aromatic rings. The van der Waals surface area contributed by atoms with Gasteiger partial charge in [-0.25, -0.2) is 4.39 Å². The largest absolute Gasteiger partial charge is 0.472 e. The molecule has 0 N–H and O–H groups in total. The number of rotatable bonds is 3. The van der Waals surface area contributed by atoms with Crippen LogP contribution in [0.4, 0.5) is 17.6 Å². The Balaban J connectivity index is 2.33. The third-order valence-corrected chi connectivity index (χ3v) is 2.55. The molecule has 0 spiro atoms. The number of hydrogen-bond acceptors (Lipinski definition) is 2. The van der Waals surface area contributed by atoms with E-state index in [9.17, 15) is 22.4 Å². The molecule has 100 valence electrons. The van der Waals surface area contributed by atoms with Crippen molar-refractivity contribution in [3.8, 4) is 0 Å². The van der Waals surface area contributed by atoms with Gasteiger partial charge in [0.15, 0.2) is 5.78 Å². The number of furan rings is 1.